The van der Waals surface area contributed by atoms with E-state index in [4.69, 9.17) is 9.47 Å². The molecule has 1 saturated heterocycles. The van der Waals surface area contributed by atoms with Gasteiger partial charge in [0.2, 0.25) is 0 Å². The number of amides is 1. The van der Waals surface area contributed by atoms with Gasteiger partial charge in [-0.05, 0) is 55.0 Å². The van der Waals surface area contributed by atoms with Crippen LogP contribution in [0, 0.1) is 11.8 Å². The third-order valence-corrected chi connectivity index (χ3v) is 7.99. The van der Waals surface area contributed by atoms with Crippen molar-refractivity contribution in [2.45, 2.75) is 50.0 Å². The van der Waals surface area contributed by atoms with Crippen molar-refractivity contribution in [1.82, 2.24) is 4.90 Å². The highest BCUT2D eigenvalue weighted by Crippen LogP contribution is 2.44. The van der Waals surface area contributed by atoms with Gasteiger partial charge in [-0.15, -0.1) is 9.24 Å². The van der Waals surface area contributed by atoms with Gasteiger partial charge in [-0.3, -0.25) is 4.90 Å². The number of fused-ring (bicyclic) bond motifs is 1. The quantitative estimate of drug-likeness (QED) is 0.361. The largest absolute Gasteiger partial charge is 0.467 e. The number of hydrogen-bond acceptors (Lipinski definition) is 5. The van der Waals surface area contributed by atoms with Crippen LogP contribution in [0.4, 0.5) is 4.79 Å². The molecule has 1 aromatic rings. The van der Waals surface area contributed by atoms with E-state index in [2.05, 4.69) is 9.24 Å². The standard InChI is InChI=1S/C22H32NO4PS/c1-26-21(24)19-13-18-17(9-5-10-20(18)29-12-6-11-28)14-23(19)22(25)27-15-16-7-3-2-4-8-16/h2-4,7-8,17-20H,5-6,9-15,28H2,1H3/t17-,18+,19+,20-/m1/s1. The molecular formula is C22H32NO4PS. The molecule has 0 aromatic heterocycles. The van der Waals surface area contributed by atoms with E-state index in [1.54, 1.807) is 4.90 Å². The van der Waals surface area contributed by atoms with E-state index in [1.807, 2.05) is 42.1 Å². The van der Waals surface area contributed by atoms with Crippen LogP contribution in [-0.2, 0) is 20.9 Å². The smallest absolute Gasteiger partial charge is 0.410 e. The average Bonchev–Trinajstić information content (AvgIpc) is 2.77. The van der Waals surface area contributed by atoms with Crippen LogP contribution in [0.2, 0.25) is 0 Å². The Balaban J connectivity index is 1.67. The van der Waals surface area contributed by atoms with Gasteiger partial charge in [-0.2, -0.15) is 11.8 Å². The SMILES string of the molecule is COC(=O)[C@@H]1C[C@H]2[C@H](CCC[C@H]2SCCCP)CN1C(=O)OCc1ccccc1. The number of ether oxygens (including phenoxy) is 2. The molecule has 2 aliphatic rings. The zero-order valence-electron chi connectivity index (χ0n) is 17.1. The summed E-state index contributed by atoms with van der Waals surface area (Å²) in [5.41, 5.74) is 0.938. The van der Waals surface area contributed by atoms with Crippen molar-refractivity contribution < 1.29 is 19.1 Å². The van der Waals surface area contributed by atoms with E-state index in [9.17, 15) is 9.59 Å². The number of piperidine rings is 1. The highest BCUT2D eigenvalue weighted by atomic mass is 32.2. The number of esters is 1. The summed E-state index contributed by atoms with van der Waals surface area (Å²) in [6.07, 6.45) is 6.09. The minimum Gasteiger partial charge on any atom is -0.467 e. The first kappa shape index (κ1) is 22.4. The van der Waals surface area contributed by atoms with E-state index in [0.717, 1.165) is 23.9 Å². The summed E-state index contributed by atoms with van der Waals surface area (Å²) in [6, 6.07) is 9.07. The maximum absolute atomic E-state index is 12.9. The monoisotopic (exact) mass is 437 g/mol. The second kappa shape index (κ2) is 11.2. The van der Waals surface area contributed by atoms with Gasteiger partial charge in [0.1, 0.15) is 12.6 Å². The zero-order chi connectivity index (χ0) is 20.6. The Morgan fingerprint density at radius 3 is 2.76 bits per heavy atom. The molecule has 1 heterocycles. The van der Waals surface area contributed by atoms with Crippen molar-refractivity contribution in [1.29, 1.82) is 0 Å². The fourth-order valence-corrected chi connectivity index (χ4v) is 6.59. The van der Waals surface area contributed by atoms with Crippen molar-refractivity contribution in [3.8, 4) is 0 Å². The predicted molar refractivity (Wildman–Crippen MR) is 120 cm³/mol. The summed E-state index contributed by atoms with van der Waals surface area (Å²) in [7, 11) is 4.19. The van der Waals surface area contributed by atoms with E-state index in [1.165, 1.54) is 26.4 Å². The molecule has 1 unspecified atom stereocenters. The highest BCUT2D eigenvalue weighted by molar-refractivity contribution is 7.99. The molecule has 3 rings (SSSR count). The van der Waals surface area contributed by atoms with Gasteiger partial charge < -0.3 is 9.47 Å². The van der Waals surface area contributed by atoms with Crippen LogP contribution < -0.4 is 0 Å². The van der Waals surface area contributed by atoms with Gasteiger partial charge in [-0.25, -0.2) is 9.59 Å². The van der Waals surface area contributed by atoms with Crippen LogP contribution in [0.25, 0.3) is 0 Å². The third kappa shape index (κ3) is 5.88. The molecule has 1 aliphatic carbocycles. The van der Waals surface area contributed by atoms with E-state index in [-0.39, 0.29) is 12.6 Å². The van der Waals surface area contributed by atoms with Gasteiger partial charge in [0.15, 0.2) is 0 Å². The lowest BCUT2D eigenvalue weighted by atomic mass is 9.72. The summed E-state index contributed by atoms with van der Waals surface area (Å²) in [4.78, 5) is 27.0. The molecule has 1 aliphatic heterocycles. The minimum atomic E-state index is -0.549. The van der Waals surface area contributed by atoms with Crippen LogP contribution in [-0.4, -0.2) is 53.8 Å². The maximum atomic E-state index is 12.9. The molecule has 160 valence electrons. The second-order valence-electron chi connectivity index (χ2n) is 7.87. The van der Waals surface area contributed by atoms with Crippen LogP contribution in [0.1, 0.15) is 37.7 Å². The van der Waals surface area contributed by atoms with E-state index in [0.29, 0.717) is 30.1 Å². The van der Waals surface area contributed by atoms with Crippen LogP contribution >= 0.6 is 21.0 Å². The molecule has 2 fully saturated rings. The predicted octanol–water partition coefficient (Wildman–Crippen LogP) is 4.35. The van der Waals surface area contributed by atoms with Crippen molar-refractivity contribution in [3.05, 3.63) is 35.9 Å². The molecule has 29 heavy (non-hydrogen) atoms. The number of carbonyl (C=O) groups excluding carboxylic acids is 2. The molecule has 1 saturated carbocycles. The number of benzene rings is 1. The Bertz CT molecular complexity index is 674. The number of nitrogens with zero attached hydrogens (tertiary/aromatic N) is 1. The lowest BCUT2D eigenvalue weighted by Crippen LogP contribution is -2.56. The van der Waals surface area contributed by atoms with Gasteiger partial charge in [0.25, 0.3) is 0 Å². The molecule has 7 heteroatoms. The summed E-state index contributed by atoms with van der Waals surface area (Å²) in [5, 5.41) is 0.569. The molecule has 0 radical (unpaired) electrons. The molecular weight excluding hydrogens is 405 g/mol. The van der Waals surface area contributed by atoms with Crippen LogP contribution in [0.3, 0.4) is 0 Å². The normalized spacial score (nSPS) is 26.5. The van der Waals surface area contributed by atoms with E-state index >= 15 is 0 Å². The van der Waals surface area contributed by atoms with Crippen molar-refractivity contribution >= 4 is 33.1 Å². The van der Waals surface area contributed by atoms with Gasteiger partial charge >= 0.3 is 12.1 Å². The van der Waals surface area contributed by atoms with Gasteiger partial charge in [-0.1, -0.05) is 36.8 Å². The Kier molecular flexibility index (Phi) is 8.68. The average molecular weight is 438 g/mol. The summed E-state index contributed by atoms with van der Waals surface area (Å²) < 4.78 is 10.6. The minimum absolute atomic E-state index is 0.214. The number of methoxy groups -OCH3 is 1. The lowest BCUT2D eigenvalue weighted by molar-refractivity contribution is -0.149. The van der Waals surface area contributed by atoms with Crippen molar-refractivity contribution in [2.75, 3.05) is 25.6 Å². The number of thioether (sulfide) groups is 1. The molecule has 0 N–H and O–H groups in total. The zero-order valence-corrected chi connectivity index (χ0v) is 19.1. The number of likely N-dealkylation sites (tertiary alicyclic amines) is 1. The molecule has 5 atom stereocenters. The first-order valence-corrected chi connectivity index (χ1v) is 12.4. The van der Waals surface area contributed by atoms with Gasteiger partial charge in [0.05, 0.1) is 7.11 Å². The Labute approximate surface area is 180 Å². The number of rotatable bonds is 7. The maximum Gasteiger partial charge on any atom is 0.410 e. The Morgan fingerprint density at radius 2 is 2.03 bits per heavy atom. The second-order valence-corrected chi connectivity index (χ2v) is 9.80. The molecule has 0 bridgehead atoms. The first-order valence-electron chi connectivity index (χ1n) is 10.5. The lowest BCUT2D eigenvalue weighted by Gasteiger charge is -2.47. The van der Waals surface area contributed by atoms with Gasteiger partial charge in [0, 0.05) is 11.8 Å². The Morgan fingerprint density at radius 1 is 1.24 bits per heavy atom. The number of carbonyl (C=O) groups is 2. The van der Waals surface area contributed by atoms with Crippen LogP contribution in [0.15, 0.2) is 30.3 Å². The van der Waals surface area contributed by atoms with Crippen molar-refractivity contribution in [3.63, 3.8) is 0 Å². The summed E-state index contributed by atoms with van der Waals surface area (Å²) in [5.74, 6) is 1.71. The van der Waals surface area contributed by atoms with Crippen LogP contribution in [0.5, 0.6) is 0 Å². The van der Waals surface area contributed by atoms with Crippen molar-refractivity contribution in [2.24, 2.45) is 11.8 Å². The fraction of sp³-hybridized carbons (Fsp3) is 0.636. The Hall–Kier alpha value is -1.26. The molecule has 0 spiro atoms. The third-order valence-electron chi connectivity index (χ3n) is 6.04. The highest BCUT2D eigenvalue weighted by Gasteiger charge is 2.46. The first-order chi connectivity index (χ1) is 14.1. The summed E-state index contributed by atoms with van der Waals surface area (Å²) in [6.45, 7) is 0.796. The van der Waals surface area contributed by atoms with E-state index < -0.39 is 12.1 Å². The molecule has 1 amide bonds. The number of hydrogen-bond donors (Lipinski definition) is 0. The molecule has 5 nitrogen and oxygen atoms in total. The summed E-state index contributed by atoms with van der Waals surface area (Å²) >= 11 is 2.05. The topological polar surface area (TPSA) is 55.8 Å². The fourth-order valence-electron chi connectivity index (χ4n) is 4.54. The molecule has 1 aromatic carbocycles.